The van der Waals surface area contributed by atoms with Gasteiger partial charge in [0, 0.05) is 28.6 Å². The number of benzene rings is 4. The van der Waals surface area contributed by atoms with Crippen molar-refractivity contribution in [2.45, 2.75) is 12.6 Å². The molecule has 1 aliphatic rings. The second kappa shape index (κ2) is 7.75. The number of nitrogens with zero attached hydrogens (tertiary/aromatic N) is 1. The van der Waals surface area contributed by atoms with Gasteiger partial charge in [0.25, 0.3) is 5.91 Å². The van der Waals surface area contributed by atoms with Crippen molar-refractivity contribution in [2.24, 2.45) is 0 Å². The maximum atomic E-state index is 13.6. The van der Waals surface area contributed by atoms with E-state index in [0.717, 1.165) is 38.9 Å². The SMILES string of the molecule is O=C1c2ccccc2C(c2c(-c3ccccc3)[nH]c3ccccc23)N1Cc1ccc(F)cc1. The van der Waals surface area contributed by atoms with E-state index in [1.807, 2.05) is 59.5 Å². The van der Waals surface area contributed by atoms with Gasteiger partial charge in [-0.2, -0.15) is 0 Å². The van der Waals surface area contributed by atoms with Crippen LogP contribution in [0.5, 0.6) is 0 Å². The monoisotopic (exact) mass is 432 g/mol. The Labute approximate surface area is 191 Å². The highest BCUT2D eigenvalue weighted by molar-refractivity contribution is 6.02. The fourth-order valence-electron chi connectivity index (χ4n) is 4.91. The molecular formula is C29H21FN2O. The summed E-state index contributed by atoms with van der Waals surface area (Å²) < 4.78 is 13.5. The number of nitrogens with one attached hydrogen (secondary N) is 1. The number of hydrogen-bond donors (Lipinski definition) is 1. The molecule has 160 valence electrons. The van der Waals surface area contributed by atoms with Crippen LogP contribution in [0, 0.1) is 5.82 Å². The third kappa shape index (κ3) is 3.23. The van der Waals surface area contributed by atoms with Crippen LogP contribution in [0.15, 0.2) is 103 Å². The Kier molecular flexibility index (Phi) is 4.58. The Hall–Kier alpha value is -4.18. The molecule has 1 aliphatic heterocycles. The van der Waals surface area contributed by atoms with E-state index in [0.29, 0.717) is 12.1 Å². The quantitative estimate of drug-likeness (QED) is 0.336. The van der Waals surface area contributed by atoms with Crippen LogP contribution in [0.3, 0.4) is 0 Å². The third-order valence-electron chi connectivity index (χ3n) is 6.41. The first-order chi connectivity index (χ1) is 16.2. The average molecular weight is 432 g/mol. The number of halogens is 1. The number of fused-ring (bicyclic) bond motifs is 2. The summed E-state index contributed by atoms with van der Waals surface area (Å²) in [5, 5.41) is 1.09. The van der Waals surface area contributed by atoms with Gasteiger partial charge in [-0.1, -0.05) is 78.9 Å². The first-order valence-electron chi connectivity index (χ1n) is 11.0. The van der Waals surface area contributed by atoms with Gasteiger partial charge in [0.15, 0.2) is 0 Å². The summed E-state index contributed by atoms with van der Waals surface area (Å²) in [6.07, 6.45) is 0. The van der Waals surface area contributed by atoms with Crippen molar-refractivity contribution in [3.63, 3.8) is 0 Å². The zero-order valence-electron chi connectivity index (χ0n) is 17.8. The summed E-state index contributed by atoms with van der Waals surface area (Å²) in [7, 11) is 0. The number of hydrogen-bond acceptors (Lipinski definition) is 1. The molecule has 6 rings (SSSR count). The van der Waals surface area contributed by atoms with Crippen LogP contribution in [0.1, 0.15) is 33.1 Å². The number of aromatic nitrogens is 1. The summed E-state index contributed by atoms with van der Waals surface area (Å²) in [6.45, 7) is 0.395. The summed E-state index contributed by atoms with van der Waals surface area (Å²) in [4.78, 5) is 19.1. The maximum absolute atomic E-state index is 13.6. The van der Waals surface area contributed by atoms with Crippen LogP contribution in [-0.2, 0) is 6.54 Å². The van der Waals surface area contributed by atoms with Crippen LogP contribution in [0.4, 0.5) is 4.39 Å². The normalized spacial score (nSPS) is 15.2. The van der Waals surface area contributed by atoms with Gasteiger partial charge >= 0.3 is 0 Å². The lowest BCUT2D eigenvalue weighted by molar-refractivity contribution is 0.0737. The Morgan fingerprint density at radius 1 is 0.788 bits per heavy atom. The van der Waals surface area contributed by atoms with E-state index in [1.165, 1.54) is 12.1 Å². The number of H-pyrrole nitrogens is 1. The van der Waals surface area contributed by atoms with Gasteiger partial charge in [-0.3, -0.25) is 4.79 Å². The van der Waals surface area contributed by atoms with Crippen molar-refractivity contribution in [1.29, 1.82) is 0 Å². The molecule has 1 aromatic heterocycles. The zero-order chi connectivity index (χ0) is 22.4. The molecular weight excluding hydrogens is 411 g/mol. The van der Waals surface area contributed by atoms with Crippen molar-refractivity contribution in [3.8, 4) is 11.3 Å². The number of carbonyl (C=O) groups is 1. The van der Waals surface area contributed by atoms with Crippen molar-refractivity contribution >= 4 is 16.8 Å². The van der Waals surface area contributed by atoms with Gasteiger partial charge < -0.3 is 9.88 Å². The lowest BCUT2D eigenvalue weighted by Crippen LogP contribution is -2.28. The average Bonchev–Trinajstić information content (AvgIpc) is 3.36. The zero-order valence-corrected chi connectivity index (χ0v) is 17.8. The van der Waals surface area contributed by atoms with Gasteiger partial charge in [0.05, 0.1) is 11.7 Å². The fourth-order valence-corrected chi connectivity index (χ4v) is 4.91. The molecule has 0 aliphatic carbocycles. The molecule has 0 fully saturated rings. The van der Waals surface area contributed by atoms with Crippen molar-refractivity contribution in [3.05, 3.63) is 131 Å². The molecule has 0 saturated carbocycles. The van der Waals surface area contributed by atoms with Crippen LogP contribution in [0.2, 0.25) is 0 Å². The third-order valence-corrected chi connectivity index (χ3v) is 6.41. The largest absolute Gasteiger partial charge is 0.354 e. The maximum Gasteiger partial charge on any atom is 0.255 e. The summed E-state index contributed by atoms with van der Waals surface area (Å²) in [6, 6.07) is 32.4. The Morgan fingerprint density at radius 2 is 1.48 bits per heavy atom. The van der Waals surface area contributed by atoms with E-state index < -0.39 is 0 Å². The van der Waals surface area contributed by atoms with Gasteiger partial charge in [-0.15, -0.1) is 0 Å². The van der Waals surface area contributed by atoms with E-state index in [4.69, 9.17) is 0 Å². The number of rotatable bonds is 4. The summed E-state index contributed by atoms with van der Waals surface area (Å²) in [5.74, 6) is -0.293. The predicted molar refractivity (Wildman–Crippen MR) is 128 cm³/mol. The minimum Gasteiger partial charge on any atom is -0.354 e. The van der Waals surface area contributed by atoms with Crippen molar-refractivity contribution < 1.29 is 9.18 Å². The van der Waals surface area contributed by atoms with Gasteiger partial charge in [0.1, 0.15) is 5.82 Å². The molecule has 1 N–H and O–H groups in total. The smallest absolute Gasteiger partial charge is 0.255 e. The van der Waals surface area contributed by atoms with Crippen molar-refractivity contribution in [1.82, 2.24) is 9.88 Å². The Morgan fingerprint density at radius 3 is 2.30 bits per heavy atom. The first-order valence-corrected chi connectivity index (χ1v) is 11.0. The number of para-hydroxylation sites is 1. The highest BCUT2D eigenvalue weighted by atomic mass is 19.1. The summed E-state index contributed by atoms with van der Waals surface area (Å²) >= 11 is 0. The highest BCUT2D eigenvalue weighted by Gasteiger charge is 2.40. The Bertz CT molecular complexity index is 1470. The molecule has 1 amide bonds. The lowest BCUT2D eigenvalue weighted by Gasteiger charge is -2.27. The van der Waals surface area contributed by atoms with E-state index in [1.54, 1.807) is 12.1 Å². The van der Waals surface area contributed by atoms with E-state index in [2.05, 4.69) is 29.2 Å². The predicted octanol–water partition coefficient (Wildman–Crippen LogP) is 6.72. The van der Waals surface area contributed by atoms with E-state index >= 15 is 0 Å². The molecule has 3 nitrogen and oxygen atoms in total. The molecule has 4 heteroatoms. The first kappa shape index (κ1) is 19.5. The van der Waals surface area contributed by atoms with Crippen LogP contribution < -0.4 is 0 Å². The van der Waals surface area contributed by atoms with Crippen LogP contribution >= 0.6 is 0 Å². The molecule has 0 bridgehead atoms. The molecule has 4 aromatic carbocycles. The molecule has 1 atom stereocenters. The molecule has 5 aromatic rings. The number of amides is 1. The van der Waals surface area contributed by atoms with Crippen LogP contribution in [-0.4, -0.2) is 15.8 Å². The standard InChI is InChI=1S/C29H21FN2O/c30-21-16-14-19(15-17-21)18-32-28(22-10-4-5-11-23(22)29(32)33)26-24-12-6-7-13-25(24)31-27(26)20-8-2-1-3-9-20/h1-17,28,31H,18H2. The molecule has 0 saturated heterocycles. The highest BCUT2D eigenvalue weighted by Crippen LogP contribution is 2.45. The second-order valence-electron chi connectivity index (χ2n) is 8.37. The topological polar surface area (TPSA) is 36.1 Å². The van der Waals surface area contributed by atoms with E-state index in [-0.39, 0.29) is 17.8 Å². The number of aromatic amines is 1. The molecule has 0 spiro atoms. The summed E-state index contributed by atoms with van der Waals surface area (Å²) in [5.41, 5.74) is 6.80. The van der Waals surface area contributed by atoms with Gasteiger partial charge in [-0.25, -0.2) is 4.39 Å². The molecule has 33 heavy (non-hydrogen) atoms. The lowest BCUT2D eigenvalue weighted by atomic mass is 9.93. The minimum atomic E-state index is -0.283. The van der Waals surface area contributed by atoms with Gasteiger partial charge in [0.2, 0.25) is 0 Å². The molecule has 2 heterocycles. The van der Waals surface area contributed by atoms with Crippen molar-refractivity contribution in [2.75, 3.05) is 0 Å². The Balaban J connectivity index is 1.58. The second-order valence-corrected chi connectivity index (χ2v) is 8.37. The van der Waals surface area contributed by atoms with E-state index in [9.17, 15) is 9.18 Å². The fraction of sp³-hybridized carbons (Fsp3) is 0.0690. The number of carbonyl (C=O) groups excluding carboxylic acids is 1. The molecule has 1 unspecified atom stereocenters. The van der Waals surface area contributed by atoms with Crippen LogP contribution in [0.25, 0.3) is 22.2 Å². The minimum absolute atomic E-state index is 0.00998. The molecule has 0 radical (unpaired) electrons. The van der Waals surface area contributed by atoms with Gasteiger partial charge in [-0.05, 0) is 41.0 Å².